The third-order valence-electron chi connectivity index (χ3n) is 4.05. The van der Waals surface area contributed by atoms with E-state index in [1.54, 1.807) is 49.6 Å². The number of hydrogen-bond acceptors (Lipinski definition) is 3. The average molecular weight is 379 g/mol. The van der Waals surface area contributed by atoms with Crippen molar-refractivity contribution in [1.82, 2.24) is 0 Å². The molecule has 2 aromatic rings. The molecule has 0 spiro atoms. The fourth-order valence-electron chi connectivity index (χ4n) is 2.73. The van der Waals surface area contributed by atoms with Gasteiger partial charge in [-0.05, 0) is 42.5 Å². The number of benzene rings is 2. The molecule has 2 aromatic carbocycles. The molecule has 1 unspecified atom stereocenters. The van der Waals surface area contributed by atoms with E-state index in [0.717, 1.165) is 0 Å². The molecule has 0 saturated carbocycles. The number of carbonyl (C=O) groups is 2. The molecular weight excluding hydrogens is 363 g/mol. The van der Waals surface area contributed by atoms with Crippen molar-refractivity contribution in [1.29, 1.82) is 0 Å². The highest BCUT2D eigenvalue weighted by molar-refractivity contribution is 6.36. The lowest BCUT2D eigenvalue weighted by molar-refractivity contribution is -0.122. The Morgan fingerprint density at radius 3 is 2.56 bits per heavy atom. The van der Waals surface area contributed by atoms with E-state index in [4.69, 9.17) is 27.9 Å². The van der Waals surface area contributed by atoms with Crippen molar-refractivity contribution in [2.24, 2.45) is 5.92 Å². The highest BCUT2D eigenvalue weighted by atomic mass is 35.5. The predicted octanol–water partition coefficient (Wildman–Crippen LogP) is 3.99. The second-order valence-electron chi connectivity index (χ2n) is 5.72. The van der Waals surface area contributed by atoms with E-state index in [1.807, 2.05) is 0 Å². The van der Waals surface area contributed by atoms with Gasteiger partial charge in [-0.2, -0.15) is 0 Å². The molecule has 1 atom stereocenters. The molecule has 0 aliphatic carbocycles. The number of hydrogen-bond donors (Lipinski definition) is 1. The summed E-state index contributed by atoms with van der Waals surface area (Å²) >= 11 is 12.1. The van der Waals surface area contributed by atoms with Crippen LogP contribution in [0, 0.1) is 5.92 Å². The van der Waals surface area contributed by atoms with E-state index in [2.05, 4.69) is 5.32 Å². The maximum absolute atomic E-state index is 12.5. The van der Waals surface area contributed by atoms with Crippen LogP contribution in [-0.4, -0.2) is 25.5 Å². The summed E-state index contributed by atoms with van der Waals surface area (Å²) in [5.74, 6) is -0.0795. The predicted molar refractivity (Wildman–Crippen MR) is 98.5 cm³/mol. The summed E-state index contributed by atoms with van der Waals surface area (Å²) in [6.45, 7) is 0.280. The Balaban J connectivity index is 1.69. The number of rotatable bonds is 4. The summed E-state index contributed by atoms with van der Waals surface area (Å²) in [6, 6.07) is 12.0. The van der Waals surface area contributed by atoms with Crippen molar-refractivity contribution in [2.45, 2.75) is 6.42 Å². The Labute approximate surface area is 155 Å². The molecular formula is C18H16Cl2N2O3. The first-order valence-electron chi connectivity index (χ1n) is 7.68. The number of amides is 2. The van der Waals surface area contributed by atoms with Crippen molar-refractivity contribution < 1.29 is 14.3 Å². The fraction of sp³-hybridized carbons (Fsp3) is 0.222. The third-order valence-corrected chi connectivity index (χ3v) is 4.59. The molecule has 0 radical (unpaired) electrons. The number of anilines is 2. The van der Waals surface area contributed by atoms with Crippen molar-refractivity contribution >= 4 is 46.4 Å². The second-order valence-corrected chi connectivity index (χ2v) is 6.56. The van der Waals surface area contributed by atoms with Crippen LogP contribution in [-0.2, 0) is 9.59 Å². The quantitative estimate of drug-likeness (QED) is 0.874. The first-order valence-corrected chi connectivity index (χ1v) is 8.44. The zero-order valence-corrected chi connectivity index (χ0v) is 15.0. The maximum Gasteiger partial charge on any atom is 0.229 e. The van der Waals surface area contributed by atoms with Crippen LogP contribution in [0.1, 0.15) is 6.42 Å². The summed E-state index contributed by atoms with van der Waals surface area (Å²) < 4.78 is 5.08. The second kappa shape index (κ2) is 7.33. The molecule has 25 heavy (non-hydrogen) atoms. The standard InChI is InChI=1S/C18H16Cl2N2O3/c1-25-14-5-3-13(4-6-14)21-18(24)11-8-17(23)22(10-11)16-7-2-12(19)9-15(16)20/h2-7,9,11H,8,10H2,1H3,(H,21,24). The van der Waals surface area contributed by atoms with E-state index >= 15 is 0 Å². The molecule has 1 saturated heterocycles. The zero-order chi connectivity index (χ0) is 18.0. The van der Waals surface area contributed by atoms with Gasteiger partial charge >= 0.3 is 0 Å². The van der Waals surface area contributed by atoms with E-state index in [1.165, 1.54) is 4.90 Å². The minimum Gasteiger partial charge on any atom is -0.497 e. The number of halogens is 2. The Hall–Kier alpha value is -2.24. The van der Waals surface area contributed by atoms with E-state index < -0.39 is 5.92 Å². The number of nitrogens with zero attached hydrogens (tertiary/aromatic N) is 1. The molecule has 1 aliphatic heterocycles. The van der Waals surface area contributed by atoms with Crippen LogP contribution < -0.4 is 15.0 Å². The van der Waals surface area contributed by atoms with Gasteiger partial charge < -0.3 is 15.0 Å². The lowest BCUT2D eigenvalue weighted by atomic mass is 10.1. The molecule has 1 aliphatic rings. The van der Waals surface area contributed by atoms with Crippen LogP contribution in [0.2, 0.25) is 10.0 Å². The summed E-state index contributed by atoms with van der Waals surface area (Å²) in [6.07, 6.45) is 0.140. The van der Waals surface area contributed by atoms with Gasteiger partial charge in [-0.3, -0.25) is 9.59 Å². The smallest absolute Gasteiger partial charge is 0.229 e. The van der Waals surface area contributed by atoms with E-state index in [9.17, 15) is 9.59 Å². The SMILES string of the molecule is COc1ccc(NC(=O)C2CC(=O)N(c3ccc(Cl)cc3Cl)C2)cc1. The van der Waals surface area contributed by atoms with Gasteiger partial charge in [0.25, 0.3) is 0 Å². The Morgan fingerprint density at radius 2 is 1.92 bits per heavy atom. The first-order chi connectivity index (χ1) is 12.0. The van der Waals surface area contributed by atoms with Crippen LogP contribution in [0.3, 0.4) is 0 Å². The van der Waals surface area contributed by atoms with Crippen molar-refractivity contribution in [2.75, 3.05) is 23.9 Å². The Bertz CT molecular complexity index is 808. The zero-order valence-electron chi connectivity index (χ0n) is 13.5. The molecule has 130 valence electrons. The topological polar surface area (TPSA) is 58.6 Å². The van der Waals surface area contributed by atoms with Crippen molar-refractivity contribution in [3.8, 4) is 5.75 Å². The summed E-state index contributed by atoms with van der Waals surface area (Å²) in [5, 5.41) is 3.70. The lowest BCUT2D eigenvalue weighted by Gasteiger charge is -2.18. The molecule has 2 amide bonds. The molecule has 5 nitrogen and oxygen atoms in total. The van der Waals surface area contributed by atoms with Crippen LogP contribution >= 0.6 is 23.2 Å². The number of methoxy groups -OCH3 is 1. The lowest BCUT2D eigenvalue weighted by Crippen LogP contribution is -2.28. The summed E-state index contributed by atoms with van der Waals surface area (Å²) in [4.78, 5) is 26.3. The Morgan fingerprint density at radius 1 is 1.20 bits per heavy atom. The van der Waals surface area contributed by atoms with E-state index in [0.29, 0.717) is 27.2 Å². The molecule has 1 fully saturated rings. The van der Waals surface area contributed by atoms with Gasteiger partial charge in [0.1, 0.15) is 5.75 Å². The Kier molecular flexibility index (Phi) is 5.16. The van der Waals surface area contributed by atoms with Gasteiger partial charge in [-0.25, -0.2) is 0 Å². The van der Waals surface area contributed by atoms with Crippen LogP contribution in [0.5, 0.6) is 5.75 Å². The van der Waals surface area contributed by atoms with Crippen molar-refractivity contribution in [3.05, 3.63) is 52.5 Å². The minimum absolute atomic E-state index is 0.140. The molecule has 1 heterocycles. The minimum atomic E-state index is -0.443. The van der Waals surface area contributed by atoms with Gasteiger partial charge in [0.15, 0.2) is 0 Å². The first kappa shape index (κ1) is 17.6. The van der Waals surface area contributed by atoms with Gasteiger partial charge in [-0.1, -0.05) is 23.2 Å². The van der Waals surface area contributed by atoms with Crippen LogP contribution in [0.15, 0.2) is 42.5 Å². The summed E-state index contributed by atoms with van der Waals surface area (Å²) in [7, 11) is 1.58. The van der Waals surface area contributed by atoms with Crippen molar-refractivity contribution in [3.63, 3.8) is 0 Å². The fourth-order valence-corrected chi connectivity index (χ4v) is 3.25. The van der Waals surface area contributed by atoms with Gasteiger partial charge in [-0.15, -0.1) is 0 Å². The number of nitrogens with one attached hydrogen (secondary N) is 1. The summed E-state index contributed by atoms with van der Waals surface area (Å²) in [5.41, 5.74) is 1.22. The largest absolute Gasteiger partial charge is 0.497 e. The molecule has 1 N–H and O–H groups in total. The molecule has 7 heteroatoms. The van der Waals surface area contributed by atoms with E-state index in [-0.39, 0.29) is 24.8 Å². The maximum atomic E-state index is 12.5. The van der Waals surface area contributed by atoms with Crippen LogP contribution in [0.25, 0.3) is 0 Å². The van der Waals surface area contributed by atoms with Gasteiger partial charge in [0, 0.05) is 23.7 Å². The normalized spacial score (nSPS) is 16.8. The highest BCUT2D eigenvalue weighted by Crippen LogP contribution is 2.33. The van der Waals surface area contributed by atoms with Crippen LogP contribution in [0.4, 0.5) is 11.4 Å². The average Bonchev–Trinajstić information content (AvgIpc) is 2.97. The number of ether oxygens (including phenoxy) is 1. The third kappa shape index (κ3) is 3.89. The molecule has 0 bridgehead atoms. The molecule has 0 aromatic heterocycles. The van der Waals surface area contributed by atoms with Gasteiger partial charge in [0.05, 0.1) is 23.7 Å². The monoisotopic (exact) mass is 378 g/mol. The van der Waals surface area contributed by atoms with Gasteiger partial charge in [0.2, 0.25) is 11.8 Å². The highest BCUT2D eigenvalue weighted by Gasteiger charge is 2.36. The number of carbonyl (C=O) groups excluding carboxylic acids is 2. The molecule has 3 rings (SSSR count).